The third-order valence-electron chi connectivity index (χ3n) is 2.30. The predicted molar refractivity (Wildman–Crippen MR) is 66.1 cm³/mol. The average molecular weight is 270 g/mol. The van der Waals surface area contributed by atoms with Gasteiger partial charge in [-0.3, -0.25) is 14.5 Å². The number of carbonyl (C=O) groups is 3. The first kappa shape index (κ1) is 15.2. The van der Waals surface area contributed by atoms with Crippen molar-refractivity contribution in [3.8, 4) is 0 Å². The van der Waals surface area contributed by atoms with Gasteiger partial charge in [0.25, 0.3) is 11.8 Å². The molecule has 0 fully saturated rings. The molecule has 1 heterocycles. The van der Waals surface area contributed by atoms with E-state index in [0.29, 0.717) is 0 Å². The smallest absolute Gasteiger partial charge is 0.407 e. The van der Waals surface area contributed by atoms with E-state index in [-0.39, 0.29) is 6.54 Å². The minimum atomic E-state index is -0.803. The summed E-state index contributed by atoms with van der Waals surface area (Å²) in [5.74, 6) is -1.01. The maximum Gasteiger partial charge on any atom is 0.407 e. The van der Waals surface area contributed by atoms with Gasteiger partial charge in [-0.25, -0.2) is 4.79 Å². The van der Waals surface area contributed by atoms with Crippen LogP contribution in [0.3, 0.4) is 0 Å². The topological polar surface area (TPSA) is 95.9 Å². The zero-order chi connectivity index (χ0) is 14.6. The van der Waals surface area contributed by atoms with Crippen molar-refractivity contribution >= 4 is 17.9 Å². The third-order valence-corrected chi connectivity index (χ3v) is 2.30. The van der Waals surface area contributed by atoms with E-state index in [1.165, 1.54) is 0 Å². The summed E-state index contributed by atoms with van der Waals surface area (Å²) in [6.45, 7) is 4.65. The molecule has 19 heavy (non-hydrogen) atoms. The second-order valence-electron chi connectivity index (χ2n) is 5.10. The van der Waals surface area contributed by atoms with Crippen LogP contribution in [0.1, 0.15) is 20.8 Å². The van der Waals surface area contributed by atoms with Crippen molar-refractivity contribution in [3.05, 3.63) is 12.2 Å². The van der Waals surface area contributed by atoms with Gasteiger partial charge in [0, 0.05) is 18.7 Å². The summed E-state index contributed by atoms with van der Waals surface area (Å²) in [5, 5.41) is 11.6. The van der Waals surface area contributed by atoms with Crippen molar-refractivity contribution in [3.63, 3.8) is 0 Å². The molecule has 0 saturated heterocycles. The largest absolute Gasteiger partial charge is 0.444 e. The fraction of sp³-hybridized carbons (Fsp3) is 0.583. The zero-order valence-electron chi connectivity index (χ0n) is 11.2. The number of imide groups is 1. The lowest BCUT2D eigenvalue weighted by atomic mass is 10.2. The van der Waals surface area contributed by atoms with Crippen molar-refractivity contribution in [2.24, 2.45) is 0 Å². The number of alkyl carbamates (subject to hydrolysis) is 1. The fourth-order valence-electron chi connectivity index (χ4n) is 1.52. The molecule has 0 aromatic rings. The SMILES string of the molecule is CC(C)(C)OC(=O)NC[C@@H](CO)N1C(=O)C=CC1=O. The molecule has 0 unspecified atom stereocenters. The fourth-order valence-corrected chi connectivity index (χ4v) is 1.52. The highest BCUT2D eigenvalue weighted by molar-refractivity contribution is 6.13. The summed E-state index contributed by atoms with van der Waals surface area (Å²) >= 11 is 0. The quantitative estimate of drug-likeness (QED) is 0.689. The number of nitrogens with one attached hydrogen (secondary N) is 1. The molecule has 0 spiro atoms. The molecule has 2 N–H and O–H groups in total. The Morgan fingerprint density at radius 2 is 1.89 bits per heavy atom. The van der Waals surface area contributed by atoms with Gasteiger partial charge < -0.3 is 15.2 Å². The van der Waals surface area contributed by atoms with Gasteiger partial charge in [0.15, 0.2) is 0 Å². The average Bonchev–Trinajstić information content (AvgIpc) is 2.59. The van der Waals surface area contributed by atoms with Crippen LogP contribution < -0.4 is 5.32 Å². The van der Waals surface area contributed by atoms with E-state index < -0.39 is 36.2 Å². The third kappa shape index (κ3) is 4.36. The van der Waals surface area contributed by atoms with Gasteiger partial charge in [0.1, 0.15) is 5.60 Å². The van der Waals surface area contributed by atoms with Gasteiger partial charge in [0.05, 0.1) is 12.6 Å². The second-order valence-corrected chi connectivity index (χ2v) is 5.10. The standard InChI is InChI=1S/C12H18N2O5/c1-12(2,3)19-11(18)13-6-8(7-15)14-9(16)4-5-10(14)17/h4-5,8,15H,6-7H2,1-3H3,(H,13,18)/t8-/m0/s1. The van der Waals surface area contributed by atoms with Crippen LogP contribution in [-0.4, -0.2) is 52.7 Å². The van der Waals surface area contributed by atoms with Gasteiger partial charge in [-0.1, -0.05) is 0 Å². The molecule has 1 atom stereocenters. The molecular formula is C12H18N2O5. The van der Waals surface area contributed by atoms with Crippen molar-refractivity contribution in [2.45, 2.75) is 32.4 Å². The lowest BCUT2D eigenvalue weighted by molar-refractivity contribution is -0.140. The van der Waals surface area contributed by atoms with Crippen LogP contribution in [-0.2, 0) is 14.3 Å². The Kier molecular flexibility index (Phi) is 4.66. The summed E-state index contributed by atoms with van der Waals surface area (Å²) < 4.78 is 5.01. The van der Waals surface area contributed by atoms with E-state index >= 15 is 0 Å². The van der Waals surface area contributed by atoms with E-state index in [9.17, 15) is 19.5 Å². The highest BCUT2D eigenvalue weighted by Gasteiger charge is 2.31. The summed E-state index contributed by atoms with van der Waals surface area (Å²) in [5.41, 5.74) is -0.639. The van der Waals surface area contributed by atoms with Crippen molar-refractivity contribution in [1.29, 1.82) is 0 Å². The predicted octanol–water partition coefficient (Wildman–Crippen LogP) is -0.203. The number of hydrogen-bond donors (Lipinski definition) is 2. The normalized spacial score (nSPS) is 16.7. The number of aliphatic hydroxyl groups excluding tert-OH is 1. The van der Waals surface area contributed by atoms with Crippen LogP contribution in [0.2, 0.25) is 0 Å². The first-order chi connectivity index (χ1) is 8.74. The van der Waals surface area contributed by atoms with E-state index in [0.717, 1.165) is 17.1 Å². The molecule has 1 aliphatic heterocycles. The number of carbonyl (C=O) groups excluding carboxylic acids is 3. The molecular weight excluding hydrogens is 252 g/mol. The Labute approximate surface area is 111 Å². The number of nitrogens with zero attached hydrogens (tertiary/aromatic N) is 1. The molecule has 0 saturated carbocycles. The Morgan fingerprint density at radius 1 is 1.37 bits per heavy atom. The van der Waals surface area contributed by atoms with E-state index in [4.69, 9.17) is 4.74 Å². The lowest BCUT2D eigenvalue weighted by Crippen LogP contribution is -2.49. The highest BCUT2D eigenvalue weighted by Crippen LogP contribution is 2.09. The number of hydrogen-bond acceptors (Lipinski definition) is 5. The van der Waals surface area contributed by atoms with Crippen LogP contribution in [0.4, 0.5) is 4.79 Å². The molecule has 0 radical (unpaired) electrons. The first-order valence-electron chi connectivity index (χ1n) is 5.87. The van der Waals surface area contributed by atoms with E-state index in [2.05, 4.69) is 5.32 Å². The van der Waals surface area contributed by atoms with Crippen LogP contribution in [0.5, 0.6) is 0 Å². The lowest BCUT2D eigenvalue weighted by Gasteiger charge is -2.25. The van der Waals surface area contributed by atoms with Crippen molar-refractivity contribution in [1.82, 2.24) is 10.2 Å². The molecule has 0 aromatic carbocycles. The molecule has 7 heteroatoms. The van der Waals surface area contributed by atoms with Gasteiger partial charge in [-0.15, -0.1) is 0 Å². The van der Waals surface area contributed by atoms with Crippen molar-refractivity contribution in [2.75, 3.05) is 13.2 Å². The number of rotatable bonds is 4. The maximum atomic E-state index is 11.4. The van der Waals surface area contributed by atoms with Crippen LogP contribution in [0, 0.1) is 0 Å². The zero-order valence-corrected chi connectivity index (χ0v) is 11.2. The van der Waals surface area contributed by atoms with Crippen LogP contribution in [0.25, 0.3) is 0 Å². The molecule has 0 aliphatic carbocycles. The van der Waals surface area contributed by atoms with Crippen LogP contribution in [0.15, 0.2) is 12.2 Å². The summed E-state index contributed by atoms with van der Waals surface area (Å²) in [6.07, 6.45) is 1.58. The summed E-state index contributed by atoms with van der Waals surface area (Å²) in [6, 6.07) is -0.803. The molecule has 106 valence electrons. The molecule has 1 rings (SSSR count). The van der Waals surface area contributed by atoms with Gasteiger partial charge in [-0.05, 0) is 20.8 Å². The van der Waals surface area contributed by atoms with E-state index in [1.807, 2.05) is 0 Å². The Morgan fingerprint density at radius 3 is 2.32 bits per heavy atom. The number of ether oxygens (including phenoxy) is 1. The van der Waals surface area contributed by atoms with Crippen LogP contribution >= 0.6 is 0 Å². The van der Waals surface area contributed by atoms with Gasteiger partial charge in [0.2, 0.25) is 0 Å². The molecule has 7 nitrogen and oxygen atoms in total. The molecule has 0 bridgehead atoms. The Balaban J connectivity index is 2.52. The molecule has 3 amide bonds. The van der Waals surface area contributed by atoms with Gasteiger partial charge >= 0.3 is 6.09 Å². The molecule has 1 aliphatic rings. The van der Waals surface area contributed by atoms with Gasteiger partial charge in [-0.2, -0.15) is 0 Å². The Hall–Kier alpha value is -1.89. The number of aliphatic hydroxyl groups is 1. The van der Waals surface area contributed by atoms with Crippen molar-refractivity contribution < 1.29 is 24.2 Å². The van der Waals surface area contributed by atoms with E-state index in [1.54, 1.807) is 20.8 Å². The maximum absolute atomic E-state index is 11.4. The minimum absolute atomic E-state index is 0.0649. The summed E-state index contributed by atoms with van der Waals surface area (Å²) in [7, 11) is 0. The highest BCUT2D eigenvalue weighted by atomic mass is 16.6. The Bertz CT molecular complexity index is 393. The monoisotopic (exact) mass is 270 g/mol. The minimum Gasteiger partial charge on any atom is -0.444 e. The second kappa shape index (κ2) is 5.83. The first-order valence-corrected chi connectivity index (χ1v) is 5.87. The summed E-state index contributed by atoms with van der Waals surface area (Å²) in [4.78, 5) is 35.2. The number of amides is 3. The molecule has 0 aromatic heterocycles.